The molecule has 15 heavy (non-hydrogen) atoms. The summed E-state index contributed by atoms with van der Waals surface area (Å²) in [6.45, 7) is 4.50. The van der Waals surface area contributed by atoms with Crippen molar-refractivity contribution in [2.24, 2.45) is 0 Å². The van der Waals surface area contributed by atoms with E-state index in [4.69, 9.17) is 0 Å². The maximum absolute atomic E-state index is 4.18. The first kappa shape index (κ1) is 21.5. The number of halogens is 2. The van der Waals surface area contributed by atoms with Crippen LogP contribution in [0.2, 0.25) is 0 Å². The van der Waals surface area contributed by atoms with Crippen LogP contribution in [-0.4, -0.2) is 26.2 Å². The number of piperidine rings is 2. The third kappa shape index (κ3) is 15.2. The molecule has 0 bridgehead atoms. The van der Waals surface area contributed by atoms with E-state index in [1.807, 2.05) is 0 Å². The van der Waals surface area contributed by atoms with E-state index >= 15 is 0 Å². The summed E-state index contributed by atoms with van der Waals surface area (Å²) in [4.78, 5) is 0. The van der Waals surface area contributed by atoms with E-state index in [0.29, 0.717) is 0 Å². The van der Waals surface area contributed by atoms with Crippen LogP contribution in [0, 0.1) is 0 Å². The average molecular weight is 287 g/mol. The summed E-state index contributed by atoms with van der Waals surface area (Å²) in [7, 11) is 0. The Hall–Kier alpha value is 1.21. The van der Waals surface area contributed by atoms with Gasteiger partial charge < -0.3 is 35.4 Å². The van der Waals surface area contributed by atoms with Crippen molar-refractivity contribution in [3.63, 3.8) is 0 Å². The zero-order chi connectivity index (χ0) is 8.49. The summed E-state index contributed by atoms with van der Waals surface area (Å²) in [5.41, 5.74) is 0. The Morgan fingerprint density at radius 1 is 0.467 bits per heavy atom. The Bertz CT molecular complexity index is 64.4. The van der Waals surface area contributed by atoms with E-state index in [2.05, 4.69) is 10.6 Å². The molecule has 2 saturated heterocycles. The van der Waals surface area contributed by atoms with Crippen LogP contribution in [0.1, 0.15) is 38.5 Å². The SMILES string of the molecule is C1CC[N-]CC1.C1CC[N-]CC1.[Cl-].[Cl-].[Ti+4]. The fraction of sp³-hybridized carbons (Fsp3) is 1.00. The Labute approximate surface area is 121 Å². The van der Waals surface area contributed by atoms with Crippen LogP contribution in [0.4, 0.5) is 0 Å². The van der Waals surface area contributed by atoms with E-state index in [9.17, 15) is 0 Å². The predicted molar refractivity (Wildman–Crippen MR) is 53.9 cm³/mol. The van der Waals surface area contributed by atoms with Crippen LogP contribution in [-0.2, 0) is 21.7 Å². The van der Waals surface area contributed by atoms with Crippen LogP contribution in [0.5, 0.6) is 0 Å². The molecule has 88 valence electrons. The van der Waals surface area contributed by atoms with Gasteiger partial charge in [-0.2, -0.15) is 0 Å². The molecule has 0 saturated carbocycles. The second kappa shape index (κ2) is 17.6. The number of nitrogens with zero attached hydrogens (tertiary/aromatic N) is 2. The molecule has 5 heteroatoms. The van der Waals surface area contributed by atoms with Gasteiger partial charge in [0.2, 0.25) is 0 Å². The maximum Gasteiger partial charge on any atom is 4.00 e. The standard InChI is InChI=1S/2C5H10N.2ClH.Ti/c2*1-2-4-6-5-3-1;;;/h2*1-5H2;2*1H;/q2*-1;;;+4/p-2. The second-order valence-electron chi connectivity index (χ2n) is 3.46. The Morgan fingerprint density at radius 2 is 0.733 bits per heavy atom. The predicted octanol–water partition coefficient (Wildman–Crippen LogP) is -2.91. The van der Waals surface area contributed by atoms with Crippen molar-refractivity contribution in [3.05, 3.63) is 10.6 Å². The zero-order valence-electron chi connectivity index (χ0n) is 9.22. The van der Waals surface area contributed by atoms with Gasteiger partial charge in [0, 0.05) is 0 Å². The first-order chi connectivity index (χ1) is 6.00. The van der Waals surface area contributed by atoms with E-state index in [1.165, 1.54) is 38.5 Å². The molecule has 0 aromatic carbocycles. The van der Waals surface area contributed by atoms with Crippen molar-refractivity contribution in [1.82, 2.24) is 0 Å². The summed E-state index contributed by atoms with van der Waals surface area (Å²) in [6, 6.07) is 0. The van der Waals surface area contributed by atoms with E-state index < -0.39 is 0 Å². The van der Waals surface area contributed by atoms with Gasteiger partial charge in [0.15, 0.2) is 0 Å². The summed E-state index contributed by atoms with van der Waals surface area (Å²) in [5.74, 6) is 0. The zero-order valence-corrected chi connectivity index (χ0v) is 12.3. The molecule has 2 fully saturated rings. The smallest absolute Gasteiger partial charge is 1.00 e. The summed E-state index contributed by atoms with van der Waals surface area (Å²) in [6.07, 6.45) is 8.15. The normalized spacial score (nSPS) is 19.2. The molecule has 0 amide bonds. The van der Waals surface area contributed by atoms with E-state index in [0.717, 1.165) is 26.2 Å². The van der Waals surface area contributed by atoms with Gasteiger partial charge in [0.1, 0.15) is 0 Å². The van der Waals surface area contributed by atoms with Gasteiger partial charge in [0.25, 0.3) is 0 Å². The average Bonchev–Trinajstić information content (AvgIpc) is 2.24. The molecule has 2 rings (SSSR count). The van der Waals surface area contributed by atoms with Gasteiger partial charge in [-0.25, -0.2) is 0 Å². The molecule has 2 nitrogen and oxygen atoms in total. The molecule has 2 aliphatic rings. The molecule has 0 N–H and O–H groups in total. The van der Waals surface area contributed by atoms with Crippen molar-refractivity contribution in [1.29, 1.82) is 0 Å². The van der Waals surface area contributed by atoms with Crippen LogP contribution >= 0.6 is 0 Å². The van der Waals surface area contributed by atoms with Gasteiger partial charge in [0.05, 0.1) is 0 Å². The van der Waals surface area contributed by atoms with Crippen molar-refractivity contribution >= 4 is 0 Å². The van der Waals surface area contributed by atoms with Crippen molar-refractivity contribution in [3.8, 4) is 0 Å². The van der Waals surface area contributed by atoms with Gasteiger partial charge in [-0.3, -0.25) is 0 Å². The number of hydrogen-bond acceptors (Lipinski definition) is 0. The van der Waals surface area contributed by atoms with Crippen LogP contribution in [0.15, 0.2) is 0 Å². The summed E-state index contributed by atoms with van der Waals surface area (Å²) in [5, 5.41) is 8.35. The molecule has 0 aliphatic carbocycles. The molecule has 2 aliphatic heterocycles. The molecule has 0 spiro atoms. The Balaban J connectivity index is -0.000000160. The quantitative estimate of drug-likeness (QED) is 0.428. The molecule has 2 heterocycles. The monoisotopic (exact) mass is 286 g/mol. The Kier molecular flexibility index (Phi) is 25.2. The summed E-state index contributed by atoms with van der Waals surface area (Å²) >= 11 is 0. The van der Waals surface area contributed by atoms with Crippen molar-refractivity contribution in [2.45, 2.75) is 38.5 Å². The fourth-order valence-corrected chi connectivity index (χ4v) is 1.47. The van der Waals surface area contributed by atoms with Gasteiger partial charge in [-0.15, -0.1) is 26.2 Å². The van der Waals surface area contributed by atoms with Crippen molar-refractivity contribution in [2.75, 3.05) is 26.2 Å². The maximum atomic E-state index is 4.18. The van der Waals surface area contributed by atoms with Crippen molar-refractivity contribution < 1.29 is 46.5 Å². The van der Waals surface area contributed by atoms with E-state index in [1.54, 1.807) is 0 Å². The molecular formula is C10H20Cl2N2Ti. The molecule has 0 aromatic rings. The van der Waals surface area contributed by atoms with Crippen LogP contribution in [0.3, 0.4) is 0 Å². The molecule has 0 aromatic heterocycles. The Morgan fingerprint density at radius 3 is 0.800 bits per heavy atom. The third-order valence-corrected chi connectivity index (χ3v) is 2.26. The van der Waals surface area contributed by atoms with Gasteiger partial charge in [-0.05, 0) is 0 Å². The number of rotatable bonds is 0. The second-order valence-corrected chi connectivity index (χ2v) is 3.46. The number of hydrogen-bond donors (Lipinski definition) is 0. The molecule has 0 unspecified atom stereocenters. The molecular weight excluding hydrogens is 267 g/mol. The molecule has 0 atom stereocenters. The first-order valence-electron chi connectivity index (χ1n) is 5.26. The van der Waals surface area contributed by atoms with Crippen LogP contribution < -0.4 is 24.8 Å². The van der Waals surface area contributed by atoms with Gasteiger partial charge >= 0.3 is 21.7 Å². The van der Waals surface area contributed by atoms with E-state index in [-0.39, 0.29) is 46.5 Å². The minimum absolute atomic E-state index is 0. The first-order valence-corrected chi connectivity index (χ1v) is 5.26. The van der Waals surface area contributed by atoms with Gasteiger partial charge in [-0.1, -0.05) is 38.5 Å². The molecule has 0 radical (unpaired) electrons. The third-order valence-electron chi connectivity index (χ3n) is 2.26. The minimum atomic E-state index is 0. The minimum Gasteiger partial charge on any atom is -1.00 e. The van der Waals surface area contributed by atoms with Crippen LogP contribution in [0.25, 0.3) is 10.6 Å². The topological polar surface area (TPSA) is 28.2 Å². The fourth-order valence-electron chi connectivity index (χ4n) is 1.47. The summed E-state index contributed by atoms with van der Waals surface area (Å²) < 4.78 is 0. The largest absolute Gasteiger partial charge is 4.00 e.